The molecule has 1 aliphatic rings. The first-order valence-corrected chi connectivity index (χ1v) is 8.56. The van der Waals surface area contributed by atoms with Crippen LogP contribution >= 0.6 is 11.6 Å². The minimum atomic E-state index is -2.75. The maximum absolute atomic E-state index is 11.4. The molecule has 0 aromatic heterocycles. The van der Waals surface area contributed by atoms with Crippen LogP contribution in [0.15, 0.2) is 0 Å². The van der Waals surface area contributed by atoms with E-state index in [1.807, 2.05) is 0 Å². The van der Waals surface area contributed by atoms with E-state index >= 15 is 0 Å². The highest BCUT2D eigenvalue weighted by Crippen LogP contribution is 2.30. The molecule has 1 heterocycles. The third-order valence-corrected chi connectivity index (χ3v) is 5.68. The maximum Gasteiger partial charge on any atom is 0.150 e. The van der Waals surface area contributed by atoms with Crippen molar-refractivity contribution in [3.8, 4) is 0 Å². The first kappa shape index (κ1) is 14.3. The summed E-state index contributed by atoms with van der Waals surface area (Å²) in [5, 5.41) is 0. The number of hydrogen-bond acceptors (Lipinski definition) is 2. The Hall–Kier alpha value is 0.240. The van der Waals surface area contributed by atoms with Gasteiger partial charge in [-0.3, -0.25) is 0 Å². The molecule has 0 aromatic rings. The molecule has 16 heavy (non-hydrogen) atoms. The van der Waals surface area contributed by atoms with E-state index in [1.165, 1.54) is 12.8 Å². The Morgan fingerprint density at radius 1 is 1.31 bits per heavy atom. The summed E-state index contributed by atoms with van der Waals surface area (Å²) in [6.45, 7) is 4.44. The molecule has 2 nitrogen and oxygen atoms in total. The van der Waals surface area contributed by atoms with Crippen LogP contribution in [0.5, 0.6) is 0 Å². The molecule has 1 saturated heterocycles. The smallest absolute Gasteiger partial charge is 0.150 e. The maximum atomic E-state index is 11.4. The molecule has 2 atom stereocenters. The van der Waals surface area contributed by atoms with Gasteiger partial charge in [-0.1, -0.05) is 26.7 Å². The Kier molecular flexibility index (Phi) is 5.58. The molecular formula is C12H23ClO2S. The SMILES string of the molecule is CC(C)CCCC(CCl)C1CCS(=O)(=O)C1. The Morgan fingerprint density at radius 3 is 2.44 bits per heavy atom. The molecule has 0 aliphatic carbocycles. The van der Waals surface area contributed by atoms with Crippen molar-refractivity contribution < 1.29 is 8.42 Å². The third kappa shape index (κ3) is 4.62. The van der Waals surface area contributed by atoms with Gasteiger partial charge in [0.25, 0.3) is 0 Å². The lowest BCUT2D eigenvalue weighted by Gasteiger charge is -2.20. The minimum Gasteiger partial charge on any atom is -0.229 e. The van der Waals surface area contributed by atoms with Gasteiger partial charge < -0.3 is 0 Å². The molecule has 1 fully saturated rings. The van der Waals surface area contributed by atoms with E-state index in [2.05, 4.69) is 13.8 Å². The quantitative estimate of drug-likeness (QED) is 0.693. The minimum absolute atomic E-state index is 0.315. The summed E-state index contributed by atoms with van der Waals surface area (Å²) in [5.74, 6) is 2.79. The predicted octanol–water partition coefficient (Wildman–Crippen LogP) is 3.10. The Labute approximate surface area is 105 Å². The second-order valence-corrected chi connectivity index (χ2v) is 7.94. The van der Waals surface area contributed by atoms with Crippen LogP contribution in [0.1, 0.15) is 39.5 Å². The monoisotopic (exact) mass is 266 g/mol. The second kappa shape index (κ2) is 6.25. The topological polar surface area (TPSA) is 34.1 Å². The molecule has 0 spiro atoms. The van der Waals surface area contributed by atoms with Crippen molar-refractivity contribution >= 4 is 21.4 Å². The average molecular weight is 267 g/mol. The van der Waals surface area contributed by atoms with Crippen molar-refractivity contribution in [1.82, 2.24) is 0 Å². The molecule has 1 rings (SSSR count). The number of alkyl halides is 1. The van der Waals surface area contributed by atoms with Gasteiger partial charge in [0.2, 0.25) is 0 Å². The van der Waals surface area contributed by atoms with E-state index in [1.54, 1.807) is 0 Å². The molecule has 96 valence electrons. The first-order chi connectivity index (χ1) is 7.44. The molecule has 0 saturated carbocycles. The number of halogens is 1. The molecule has 0 radical (unpaired) electrons. The average Bonchev–Trinajstić information content (AvgIpc) is 2.53. The third-order valence-electron chi connectivity index (χ3n) is 3.49. The van der Waals surface area contributed by atoms with Crippen molar-refractivity contribution in [2.75, 3.05) is 17.4 Å². The van der Waals surface area contributed by atoms with Crippen molar-refractivity contribution in [2.45, 2.75) is 39.5 Å². The molecular weight excluding hydrogens is 244 g/mol. The highest BCUT2D eigenvalue weighted by Gasteiger charge is 2.32. The summed E-state index contributed by atoms with van der Waals surface area (Å²) in [6, 6.07) is 0. The standard InChI is InChI=1S/C12H23ClO2S/c1-10(2)4-3-5-11(8-13)12-6-7-16(14,15)9-12/h10-12H,3-9H2,1-2H3. The van der Waals surface area contributed by atoms with E-state index in [-0.39, 0.29) is 0 Å². The Morgan fingerprint density at radius 2 is 2.00 bits per heavy atom. The van der Waals surface area contributed by atoms with Crippen molar-refractivity contribution in [3.05, 3.63) is 0 Å². The fourth-order valence-electron chi connectivity index (χ4n) is 2.42. The van der Waals surface area contributed by atoms with Crippen LogP contribution in [0.2, 0.25) is 0 Å². The molecule has 4 heteroatoms. The zero-order chi connectivity index (χ0) is 12.2. The molecule has 0 N–H and O–H groups in total. The van der Waals surface area contributed by atoms with Crippen LogP contribution in [0.25, 0.3) is 0 Å². The molecule has 0 amide bonds. The predicted molar refractivity (Wildman–Crippen MR) is 69.7 cm³/mol. The summed E-state index contributed by atoms with van der Waals surface area (Å²) in [5.41, 5.74) is 0. The lowest BCUT2D eigenvalue weighted by atomic mass is 9.88. The van der Waals surface area contributed by atoms with E-state index < -0.39 is 9.84 Å². The lowest BCUT2D eigenvalue weighted by molar-refractivity contribution is 0.353. The van der Waals surface area contributed by atoms with Gasteiger partial charge in [-0.2, -0.15) is 0 Å². The molecule has 1 aliphatic heterocycles. The largest absolute Gasteiger partial charge is 0.229 e. The molecule has 2 unspecified atom stereocenters. The van der Waals surface area contributed by atoms with E-state index in [0.717, 1.165) is 18.8 Å². The highest BCUT2D eigenvalue weighted by molar-refractivity contribution is 7.91. The van der Waals surface area contributed by atoms with Gasteiger partial charge in [0, 0.05) is 5.88 Å². The van der Waals surface area contributed by atoms with E-state index in [0.29, 0.717) is 29.2 Å². The summed E-state index contributed by atoms with van der Waals surface area (Å²) >= 11 is 5.96. The van der Waals surface area contributed by atoms with Crippen LogP contribution in [-0.2, 0) is 9.84 Å². The van der Waals surface area contributed by atoms with Crippen LogP contribution < -0.4 is 0 Å². The van der Waals surface area contributed by atoms with Gasteiger partial charge in [0.1, 0.15) is 0 Å². The van der Waals surface area contributed by atoms with Crippen LogP contribution in [0, 0.1) is 17.8 Å². The second-order valence-electron chi connectivity index (χ2n) is 5.40. The van der Waals surface area contributed by atoms with Gasteiger partial charge in [0.15, 0.2) is 9.84 Å². The zero-order valence-corrected chi connectivity index (χ0v) is 11.9. The lowest BCUT2D eigenvalue weighted by Crippen LogP contribution is -2.18. The zero-order valence-electron chi connectivity index (χ0n) is 10.3. The summed E-state index contributed by atoms with van der Waals surface area (Å²) in [6.07, 6.45) is 4.29. The van der Waals surface area contributed by atoms with Gasteiger partial charge in [-0.05, 0) is 30.6 Å². The van der Waals surface area contributed by atoms with E-state index in [4.69, 9.17) is 11.6 Å². The van der Waals surface area contributed by atoms with Gasteiger partial charge in [-0.15, -0.1) is 11.6 Å². The fraction of sp³-hybridized carbons (Fsp3) is 1.00. The highest BCUT2D eigenvalue weighted by atomic mass is 35.5. The summed E-state index contributed by atoms with van der Waals surface area (Å²) in [4.78, 5) is 0. The summed E-state index contributed by atoms with van der Waals surface area (Å²) in [7, 11) is -2.75. The van der Waals surface area contributed by atoms with Gasteiger partial charge in [-0.25, -0.2) is 8.42 Å². The van der Waals surface area contributed by atoms with Crippen LogP contribution in [0.4, 0.5) is 0 Å². The Bertz CT molecular complexity index is 298. The fourth-order valence-corrected chi connectivity index (χ4v) is 4.75. The van der Waals surface area contributed by atoms with Crippen molar-refractivity contribution in [2.24, 2.45) is 17.8 Å². The van der Waals surface area contributed by atoms with Crippen molar-refractivity contribution in [1.29, 1.82) is 0 Å². The number of hydrogen-bond donors (Lipinski definition) is 0. The normalized spacial score (nSPS) is 26.1. The van der Waals surface area contributed by atoms with Crippen LogP contribution in [-0.4, -0.2) is 25.8 Å². The summed E-state index contributed by atoms with van der Waals surface area (Å²) < 4.78 is 22.8. The molecule has 0 bridgehead atoms. The Balaban J connectivity index is 2.37. The van der Waals surface area contributed by atoms with Crippen LogP contribution in [0.3, 0.4) is 0 Å². The number of sulfone groups is 1. The van der Waals surface area contributed by atoms with Crippen molar-refractivity contribution in [3.63, 3.8) is 0 Å². The number of rotatable bonds is 6. The molecule has 0 aromatic carbocycles. The van der Waals surface area contributed by atoms with E-state index in [9.17, 15) is 8.42 Å². The van der Waals surface area contributed by atoms with Gasteiger partial charge >= 0.3 is 0 Å². The first-order valence-electron chi connectivity index (χ1n) is 6.21. The van der Waals surface area contributed by atoms with Gasteiger partial charge in [0.05, 0.1) is 11.5 Å².